The molecule has 0 heterocycles. The van der Waals surface area contributed by atoms with Gasteiger partial charge in [0.1, 0.15) is 13.2 Å². The second-order valence-electron chi connectivity index (χ2n) is 24.2. The quantitative estimate of drug-likeness (QED) is 0.0272. The smallest absolute Gasteiger partial charge is 0.268 e. The van der Waals surface area contributed by atoms with E-state index in [4.69, 9.17) is 9.05 Å². The van der Waals surface area contributed by atoms with Crippen LogP contribution in [0.1, 0.15) is 335 Å². The van der Waals surface area contributed by atoms with E-state index < -0.39 is 26.6 Å². The lowest BCUT2D eigenvalue weighted by atomic mass is 10.0. The van der Waals surface area contributed by atoms with Crippen molar-refractivity contribution < 1.29 is 32.9 Å². The molecule has 0 radical (unpaired) electrons. The van der Waals surface area contributed by atoms with E-state index in [-0.39, 0.29) is 12.5 Å². The molecular weight excluding hydrogens is 960 g/mol. The van der Waals surface area contributed by atoms with E-state index >= 15 is 0 Å². The highest BCUT2D eigenvalue weighted by atomic mass is 31.2. The molecule has 3 unspecified atom stereocenters. The van der Waals surface area contributed by atoms with Gasteiger partial charge < -0.3 is 28.8 Å². The summed E-state index contributed by atoms with van der Waals surface area (Å²) in [5.41, 5.74) is 0. The first-order valence-corrected chi connectivity index (χ1v) is 34.8. The Balaban J connectivity index is 3.85. The maximum atomic E-state index is 13.0. The molecule has 1 amide bonds. The molecule has 0 bridgehead atoms. The Kier molecular flexibility index (Phi) is 57.4. The number of amides is 1. The summed E-state index contributed by atoms with van der Waals surface area (Å²) >= 11 is 0. The second-order valence-corrected chi connectivity index (χ2v) is 25.6. The maximum Gasteiger partial charge on any atom is 0.268 e. The molecule has 450 valence electrons. The van der Waals surface area contributed by atoms with Crippen molar-refractivity contribution in [2.75, 3.05) is 40.9 Å². The highest BCUT2D eigenvalue weighted by Gasteiger charge is 2.23. The van der Waals surface area contributed by atoms with Crippen LogP contribution in [-0.2, 0) is 18.4 Å². The summed E-state index contributed by atoms with van der Waals surface area (Å²) in [4.78, 5) is 25.5. The Morgan fingerprint density at radius 3 is 1.07 bits per heavy atom. The lowest BCUT2D eigenvalue weighted by Crippen LogP contribution is -2.45. The van der Waals surface area contributed by atoms with Gasteiger partial charge in [0.05, 0.1) is 39.9 Å². The Labute approximate surface area is 474 Å². The Morgan fingerprint density at radius 1 is 0.447 bits per heavy atom. The summed E-state index contributed by atoms with van der Waals surface area (Å²) in [6.07, 6.45) is 77.2. The number of phosphoric acid groups is 1. The van der Waals surface area contributed by atoms with E-state index in [1.165, 1.54) is 270 Å². The van der Waals surface area contributed by atoms with Gasteiger partial charge in [0.25, 0.3) is 7.82 Å². The normalized spacial score (nSPS) is 13.9. The van der Waals surface area contributed by atoms with Gasteiger partial charge in [-0.15, -0.1) is 0 Å². The minimum Gasteiger partial charge on any atom is -0.756 e. The summed E-state index contributed by atoms with van der Waals surface area (Å²) in [6, 6.07) is -0.907. The summed E-state index contributed by atoms with van der Waals surface area (Å²) in [5.74, 6) is -0.206. The zero-order valence-electron chi connectivity index (χ0n) is 51.5. The average Bonchev–Trinajstić information content (AvgIpc) is 3.38. The number of nitrogens with zero attached hydrogens (tertiary/aromatic N) is 1. The average molecular weight is 1090 g/mol. The van der Waals surface area contributed by atoms with E-state index in [1.54, 1.807) is 6.08 Å². The number of aliphatic hydroxyl groups is 1. The SMILES string of the molecule is CCCCCC/C=C/CC/C=C/CC/C=C/C(O)C(COP(=O)([O-])OCC[N+](C)(C)C)NC(=O)CCCCCCCCCCCCCCCCCCCCCCCCCCCCCCCCCCCCCCCCCC. The van der Waals surface area contributed by atoms with Crippen LogP contribution in [0.15, 0.2) is 36.5 Å². The van der Waals surface area contributed by atoms with E-state index in [0.29, 0.717) is 17.4 Å². The predicted octanol–water partition coefficient (Wildman–Crippen LogP) is 20.3. The summed E-state index contributed by atoms with van der Waals surface area (Å²) < 4.78 is 23.3. The third-order valence-electron chi connectivity index (χ3n) is 15.3. The molecule has 76 heavy (non-hydrogen) atoms. The zero-order valence-corrected chi connectivity index (χ0v) is 52.4. The Hall–Kier alpha value is -1.28. The first-order chi connectivity index (χ1) is 37.0. The number of phosphoric ester groups is 1. The fraction of sp³-hybridized carbons (Fsp3) is 0.896. The second kappa shape index (κ2) is 58.4. The highest BCUT2D eigenvalue weighted by Crippen LogP contribution is 2.38. The summed E-state index contributed by atoms with van der Waals surface area (Å²) in [5, 5.41) is 13.8. The number of unbranched alkanes of at least 4 members (excludes halogenated alkanes) is 45. The molecule has 3 atom stereocenters. The predicted molar refractivity (Wildman–Crippen MR) is 330 cm³/mol. The van der Waals surface area contributed by atoms with Crippen molar-refractivity contribution >= 4 is 13.7 Å². The number of quaternary nitrogens is 1. The van der Waals surface area contributed by atoms with Gasteiger partial charge in [-0.05, 0) is 44.9 Å². The van der Waals surface area contributed by atoms with Crippen molar-refractivity contribution in [2.24, 2.45) is 0 Å². The molecule has 0 aliphatic heterocycles. The molecule has 0 saturated heterocycles. The number of likely N-dealkylation sites (N-methyl/N-ethyl adjacent to an activating group) is 1. The van der Waals surface area contributed by atoms with Gasteiger partial charge in [-0.2, -0.15) is 0 Å². The van der Waals surface area contributed by atoms with Crippen molar-refractivity contribution in [1.82, 2.24) is 5.32 Å². The van der Waals surface area contributed by atoms with Crippen LogP contribution in [0.4, 0.5) is 0 Å². The summed E-state index contributed by atoms with van der Waals surface area (Å²) in [7, 11) is 1.25. The molecule has 0 fully saturated rings. The number of hydrogen-bond donors (Lipinski definition) is 2. The van der Waals surface area contributed by atoms with Crippen LogP contribution in [0.5, 0.6) is 0 Å². The fourth-order valence-electron chi connectivity index (χ4n) is 10.1. The van der Waals surface area contributed by atoms with Crippen LogP contribution in [0.2, 0.25) is 0 Å². The van der Waals surface area contributed by atoms with E-state index in [0.717, 1.165) is 44.9 Å². The molecule has 9 heteroatoms. The van der Waals surface area contributed by atoms with Crippen molar-refractivity contribution in [1.29, 1.82) is 0 Å². The molecule has 0 aromatic rings. The van der Waals surface area contributed by atoms with Gasteiger partial charge in [-0.3, -0.25) is 9.36 Å². The fourth-order valence-corrected chi connectivity index (χ4v) is 10.9. The summed E-state index contributed by atoms with van der Waals surface area (Å²) in [6.45, 7) is 4.63. The van der Waals surface area contributed by atoms with Crippen LogP contribution in [0.3, 0.4) is 0 Å². The van der Waals surface area contributed by atoms with Crippen molar-refractivity contribution in [3.05, 3.63) is 36.5 Å². The van der Waals surface area contributed by atoms with Gasteiger partial charge >= 0.3 is 0 Å². The number of carbonyl (C=O) groups excluding carboxylic acids is 1. The first kappa shape index (κ1) is 74.7. The Bertz CT molecular complexity index is 1330. The molecule has 2 N–H and O–H groups in total. The van der Waals surface area contributed by atoms with Gasteiger partial charge in [-0.25, -0.2) is 0 Å². The van der Waals surface area contributed by atoms with Crippen molar-refractivity contribution in [2.45, 2.75) is 347 Å². The number of nitrogens with one attached hydrogen (secondary N) is 1. The maximum absolute atomic E-state index is 13.0. The number of aliphatic hydroxyl groups excluding tert-OH is 1. The third kappa shape index (κ3) is 60.4. The monoisotopic (exact) mass is 1090 g/mol. The molecule has 0 rings (SSSR count). The van der Waals surface area contributed by atoms with Crippen LogP contribution < -0.4 is 10.2 Å². The first-order valence-electron chi connectivity index (χ1n) is 33.4. The highest BCUT2D eigenvalue weighted by molar-refractivity contribution is 7.45. The van der Waals surface area contributed by atoms with Gasteiger partial charge in [0, 0.05) is 6.42 Å². The van der Waals surface area contributed by atoms with E-state index in [9.17, 15) is 19.4 Å². The molecule has 0 saturated carbocycles. The van der Waals surface area contributed by atoms with E-state index in [1.807, 2.05) is 27.2 Å². The molecule has 0 spiro atoms. The molecule has 0 aliphatic rings. The number of carbonyl (C=O) groups is 1. The van der Waals surface area contributed by atoms with Crippen LogP contribution in [0.25, 0.3) is 0 Å². The topological polar surface area (TPSA) is 108 Å². The molecule has 0 aromatic heterocycles. The number of rotatable bonds is 62. The molecule has 8 nitrogen and oxygen atoms in total. The van der Waals surface area contributed by atoms with Crippen molar-refractivity contribution in [3.63, 3.8) is 0 Å². The number of allylic oxidation sites excluding steroid dienone is 5. The number of hydrogen-bond acceptors (Lipinski definition) is 6. The standard InChI is InChI=1S/C67H131N2O6P/c1-6-8-10-12-14-16-18-20-22-23-24-25-26-27-28-29-30-31-32-33-34-35-36-37-38-39-40-41-42-43-44-45-46-47-49-51-53-55-57-59-61-67(71)68-65(64-75-76(72,73)74-63-62-69(3,4)5)66(70)60-58-56-54-52-50-48-21-19-17-15-13-11-9-7-2/h17,19,50,52,58,60,65-66,70H,6-16,18,20-49,51,53-57,59,61-64H2,1-5H3,(H-,68,71,72,73)/b19-17+,52-50+,60-58+. The molecular formula is C67H131N2O6P. The largest absolute Gasteiger partial charge is 0.756 e. The van der Waals surface area contributed by atoms with Gasteiger partial charge in [0.15, 0.2) is 0 Å². The van der Waals surface area contributed by atoms with Gasteiger partial charge in [-0.1, -0.05) is 320 Å². The van der Waals surface area contributed by atoms with Crippen LogP contribution >= 0.6 is 7.82 Å². The lowest BCUT2D eigenvalue weighted by molar-refractivity contribution is -0.870. The van der Waals surface area contributed by atoms with E-state index in [2.05, 4.69) is 43.5 Å². The van der Waals surface area contributed by atoms with Gasteiger partial charge in [0.2, 0.25) is 5.91 Å². The van der Waals surface area contributed by atoms with Crippen LogP contribution in [-0.4, -0.2) is 68.5 Å². The Morgan fingerprint density at radius 2 is 0.737 bits per heavy atom. The lowest BCUT2D eigenvalue weighted by Gasteiger charge is -2.29. The van der Waals surface area contributed by atoms with Crippen LogP contribution in [0, 0.1) is 0 Å². The molecule has 0 aromatic carbocycles. The minimum atomic E-state index is -4.61. The third-order valence-corrected chi connectivity index (χ3v) is 16.3. The zero-order chi connectivity index (χ0) is 55.6. The van der Waals surface area contributed by atoms with Crippen molar-refractivity contribution in [3.8, 4) is 0 Å². The minimum absolute atomic E-state index is 0.00753. The molecule has 0 aliphatic carbocycles.